The van der Waals surface area contributed by atoms with E-state index in [1.165, 1.54) is 17.0 Å². The fourth-order valence-electron chi connectivity index (χ4n) is 3.33. The Balaban J connectivity index is 1.51. The number of carbonyl (C=O) groups is 1. The number of thiazole rings is 1. The molecule has 1 amide bonds. The number of carbonyl (C=O) groups excluding carboxylic acids is 1. The lowest BCUT2D eigenvalue weighted by Crippen LogP contribution is -3.11. The summed E-state index contributed by atoms with van der Waals surface area (Å²) in [6, 6.07) is 13.3. The number of hydrogen-bond acceptors (Lipinski definition) is 4. The minimum absolute atomic E-state index is 0.212. The van der Waals surface area contributed by atoms with Crippen LogP contribution in [0.3, 0.4) is 0 Å². The van der Waals surface area contributed by atoms with Gasteiger partial charge in [-0.3, -0.25) is 10.1 Å². The predicted octanol–water partition coefficient (Wildman–Crippen LogP) is 3.24. The van der Waals surface area contributed by atoms with Crippen molar-refractivity contribution in [2.24, 2.45) is 0 Å². The second-order valence-electron chi connectivity index (χ2n) is 6.80. The predicted molar refractivity (Wildman–Crippen MR) is 110 cm³/mol. The summed E-state index contributed by atoms with van der Waals surface area (Å²) < 4.78 is 13.1. The number of anilines is 3. The van der Waals surface area contributed by atoms with Crippen LogP contribution in [0.2, 0.25) is 0 Å². The van der Waals surface area contributed by atoms with Crippen molar-refractivity contribution >= 4 is 33.8 Å². The number of benzene rings is 2. The molecule has 144 valence electrons. The van der Waals surface area contributed by atoms with Crippen molar-refractivity contribution in [3.8, 4) is 0 Å². The van der Waals surface area contributed by atoms with Gasteiger partial charge in [0.25, 0.3) is 5.91 Å². The molecule has 1 atom stereocenters. The summed E-state index contributed by atoms with van der Waals surface area (Å²) in [5.74, 6) is -0.510. The third kappa shape index (κ3) is 4.05. The molecule has 1 aliphatic heterocycles. The molecule has 1 aromatic heterocycles. The van der Waals surface area contributed by atoms with Gasteiger partial charge in [-0.25, -0.2) is 9.37 Å². The van der Waals surface area contributed by atoms with Crippen molar-refractivity contribution in [3.63, 3.8) is 0 Å². The summed E-state index contributed by atoms with van der Waals surface area (Å²) in [4.78, 5) is 20.3. The molecule has 28 heavy (non-hydrogen) atoms. The van der Waals surface area contributed by atoms with E-state index in [1.807, 2.05) is 18.2 Å². The number of para-hydroxylation sites is 1. The van der Waals surface area contributed by atoms with E-state index in [4.69, 9.17) is 0 Å². The van der Waals surface area contributed by atoms with Crippen LogP contribution in [0.15, 0.2) is 48.5 Å². The SMILES string of the molecule is CC[NH+]1CCc2nc(NC(=O)c3ccccc3Nc3ccc(F)cc3)sc2C1. The molecule has 0 saturated heterocycles. The monoisotopic (exact) mass is 397 g/mol. The number of aromatic nitrogens is 1. The topological polar surface area (TPSA) is 58.5 Å². The van der Waals surface area contributed by atoms with Crippen LogP contribution in [0.4, 0.5) is 20.9 Å². The van der Waals surface area contributed by atoms with Crippen molar-refractivity contribution in [2.45, 2.75) is 19.9 Å². The van der Waals surface area contributed by atoms with Gasteiger partial charge in [-0.15, -0.1) is 0 Å². The molecule has 4 rings (SSSR count). The summed E-state index contributed by atoms with van der Waals surface area (Å²) in [7, 11) is 0. The van der Waals surface area contributed by atoms with Crippen LogP contribution in [0, 0.1) is 5.82 Å². The van der Waals surface area contributed by atoms with Gasteiger partial charge in [0.2, 0.25) is 0 Å². The normalized spacial score (nSPS) is 15.7. The fraction of sp³-hybridized carbons (Fsp3) is 0.238. The average Bonchev–Trinajstić information content (AvgIpc) is 3.11. The molecule has 1 aliphatic rings. The molecule has 1 unspecified atom stereocenters. The summed E-state index contributed by atoms with van der Waals surface area (Å²) in [6.07, 6.45) is 0.952. The van der Waals surface area contributed by atoms with Crippen LogP contribution in [0.1, 0.15) is 27.9 Å². The molecule has 0 radical (unpaired) electrons. The van der Waals surface area contributed by atoms with E-state index < -0.39 is 0 Å². The van der Waals surface area contributed by atoms with E-state index in [1.54, 1.807) is 34.4 Å². The van der Waals surface area contributed by atoms with E-state index in [0.717, 1.165) is 31.7 Å². The van der Waals surface area contributed by atoms with E-state index in [9.17, 15) is 9.18 Å². The quantitative estimate of drug-likeness (QED) is 0.620. The zero-order valence-corrected chi connectivity index (χ0v) is 16.4. The van der Waals surface area contributed by atoms with Gasteiger partial charge < -0.3 is 10.2 Å². The maximum Gasteiger partial charge on any atom is 0.259 e. The van der Waals surface area contributed by atoms with Crippen LogP contribution in [-0.2, 0) is 13.0 Å². The Bertz CT molecular complexity index is 986. The maximum atomic E-state index is 13.1. The molecule has 0 bridgehead atoms. The second kappa shape index (κ2) is 8.08. The smallest absolute Gasteiger partial charge is 0.259 e. The first-order valence-electron chi connectivity index (χ1n) is 9.37. The molecule has 3 aromatic rings. The zero-order chi connectivity index (χ0) is 19.5. The molecule has 0 fully saturated rings. The molecule has 0 saturated carbocycles. The lowest BCUT2D eigenvalue weighted by atomic mass is 10.1. The van der Waals surface area contributed by atoms with Crippen molar-refractivity contribution in [2.75, 3.05) is 23.7 Å². The van der Waals surface area contributed by atoms with Gasteiger partial charge in [0.15, 0.2) is 5.13 Å². The molecule has 2 heterocycles. The van der Waals surface area contributed by atoms with Crippen LogP contribution < -0.4 is 15.5 Å². The van der Waals surface area contributed by atoms with Gasteiger partial charge in [-0.1, -0.05) is 23.5 Å². The van der Waals surface area contributed by atoms with Gasteiger partial charge in [-0.05, 0) is 43.3 Å². The number of halogens is 1. The molecule has 2 aromatic carbocycles. The highest BCUT2D eigenvalue weighted by Gasteiger charge is 2.23. The van der Waals surface area contributed by atoms with Gasteiger partial charge in [0.05, 0.1) is 34.9 Å². The average molecular weight is 397 g/mol. The van der Waals surface area contributed by atoms with Crippen molar-refractivity contribution in [3.05, 3.63) is 70.5 Å². The minimum Gasteiger partial charge on any atom is -0.355 e. The highest BCUT2D eigenvalue weighted by atomic mass is 32.1. The fourth-order valence-corrected chi connectivity index (χ4v) is 4.40. The summed E-state index contributed by atoms with van der Waals surface area (Å²) >= 11 is 1.56. The van der Waals surface area contributed by atoms with Crippen LogP contribution in [0.25, 0.3) is 0 Å². The number of hydrogen-bond donors (Lipinski definition) is 3. The number of quaternary nitrogens is 1. The van der Waals surface area contributed by atoms with Crippen molar-refractivity contribution in [1.29, 1.82) is 0 Å². The van der Waals surface area contributed by atoms with Gasteiger partial charge >= 0.3 is 0 Å². The van der Waals surface area contributed by atoms with Crippen LogP contribution >= 0.6 is 11.3 Å². The number of fused-ring (bicyclic) bond motifs is 1. The second-order valence-corrected chi connectivity index (χ2v) is 7.88. The van der Waals surface area contributed by atoms with Crippen molar-refractivity contribution in [1.82, 2.24) is 4.98 Å². The third-order valence-electron chi connectivity index (χ3n) is 4.92. The Morgan fingerprint density at radius 1 is 1.21 bits per heavy atom. The van der Waals surface area contributed by atoms with Gasteiger partial charge in [0, 0.05) is 12.1 Å². The first-order chi connectivity index (χ1) is 13.6. The van der Waals surface area contributed by atoms with Crippen LogP contribution in [-0.4, -0.2) is 24.0 Å². The lowest BCUT2D eigenvalue weighted by molar-refractivity contribution is -0.913. The Kier molecular flexibility index (Phi) is 5.36. The molecule has 3 N–H and O–H groups in total. The number of nitrogens with zero attached hydrogens (tertiary/aromatic N) is 1. The Labute approximate surface area is 167 Å². The van der Waals surface area contributed by atoms with Gasteiger partial charge in [0.1, 0.15) is 12.4 Å². The molecule has 0 aliphatic carbocycles. The summed E-state index contributed by atoms with van der Waals surface area (Å²) in [6.45, 7) is 5.35. The Morgan fingerprint density at radius 2 is 2.00 bits per heavy atom. The molecule has 7 heteroatoms. The number of rotatable bonds is 5. The minimum atomic E-state index is -0.298. The molecule has 0 spiro atoms. The maximum absolute atomic E-state index is 13.1. The lowest BCUT2D eigenvalue weighted by Gasteiger charge is -2.20. The Morgan fingerprint density at radius 3 is 2.79 bits per heavy atom. The van der Waals surface area contributed by atoms with E-state index in [2.05, 4.69) is 22.5 Å². The Hall–Kier alpha value is -2.77. The van der Waals surface area contributed by atoms with Crippen LogP contribution in [0.5, 0.6) is 0 Å². The van der Waals surface area contributed by atoms with E-state index in [0.29, 0.717) is 22.1 Å². The summed E-state index contributed by atoms with van der Waals surface area (Å²) in [5, 5.41) is 6.77. The third-order valence-corrected chi connectivity index (χ3v) is 5.93. The zero-order valence-electron chi connectivity index (χ0n) is 15.6. The largest absolute Gasteiger partial charge is 0.355 e. The molecular weight excluding hydrogens is 375 g/mol. The highest BCUT2D eigenvalue weighted by molar-refractivity contribution is 7.15. The number of likely N-dealkylation sites (N-methyl/N-ethyl adjacent to an activating group) is 1. The first-order valence-corrected chi connectivity index (χ1v) is 10.2. The van der Waals surface area contributed by atoms with E-state index in [-0.39, 0.29) is 11.7 Å². The highest BCUT2D eigenvalue weighted by Crippen LogP contribution is 2.26. The van der Waals surface area contributed by atoms with Crippen molar-refractivity contribution < 1.29 is 14.1 Å². The number of amides is 1. The van der Waals surface area contributed by atoms with E-state index >= 15 is 0 Å². The standard InChI is InChI=1S/C21H21FN4OS/c1-2-26-12-11-18-19(13-26)28-21(24-18)25-20(27)16-5-3-4-6-17(16)23-15-9-7-14(22)8-10-15/h3-10,23H,2,11-13H2,1H3,(H,24,25,27)/p+1. The molecule has 5 nitrogen and oxygen atoms in total. The number of nitrogens with one attached hydrogen (secondary N) is 3. The van der Waals surface area contributed by atoms with Gasteiger partial charge in [-0.2, -0.15) is 0 Å². The first kappa shape index (κ1) is 18.6. The summed E-state index contributed by atoms with van der Waals surface area (Å²) in [5.41, 5.74) is 3.00. The molecular formula is C21H22FN4OS+.